The van der Waals surface area contributed by atoms with E-state index in [1.165, 1.54) is 12.1 Å². The predicted molar refractivity (Wildman–Crippen MR) is 57.5 cm³/mol. The van der Waals surface area contributed by atoms with Crippen molar-refractivity contribution >= 4 is 23.1 Å². The fraction of sp³-hybridized carbons (Fsp3) is 0.222. The topological polar surface area (TPSA) is 67.5 Å². The molecule has 78 valence electrons. The van der Waals surface area contributed by atoms with Crippen LogP contribution in [0.4, 0.5) is 5.69 Å². The van der Waals surface area contributed by atoms with Crippen molar-refractivity contribution < 1.29 is 4.92 Å². The number of hydrogen-bond donors (Lipinski definition) is 1. The van der Waals surface area contributed by atoms with Gasteiger partial charge in [-0.25, -0.2) is 0 Å². The standard InChI is InChI=1S/C9H8ClN3O2/c10-7-2-1-6(5-8(7)13(14)15)9-11-3-4-12-9/h1-2,5H,3-4H2,(H,11,12). The van der Waals surface area contributed by atoms with Gasteiger partial charge in [0.05, 0.1) is 11.5 Å². The van der Waals surface area contributed by atoms with Crippen LogP contribution in [-0.4, -0.2) is 23.8 Å². The largest absolute Gasteiger partial charge is 0.368 e. The van der Waals surface area contributed by atoms with Gasteiger partial charge in [-0.2, -0.15) is 0 Å². The lowest BCUT2D eigenvalue weighted by atomic mass is 10.2. The Morgan fingerprint density at radius 3 is 2.93 bits per heavy atom. The molecule has 0 saturated heterocycles. The van der Waals surface area contributed by atoms with E-state index in [1.54, 1.807) is 6.07 Å². The first-order chi connectivity index (χ1) is 7.18. The first-order valence-corrected chi connectivity index (χ1v) is 4.79. The summed E-state index contributed by atoms with van der Waals surface area (Å²) in [6.45, 7) is 1.47. The molecule has 0 aliphatic carbocycles. The van der Waals surface area contributed by atoms with Gasteiger partial charge in [-0.15, -0.1) is 0 Å². The Balaban J connectivity index is 2.42. The first kappa shape index (κ1) is 9.92. The molecule has 2 rings (SSSR count). The molecule has 1 aliphatic heterocycles. The van der Waals surface area contributed by atoms with Crippen molar-refractivity contribution in [1.29, 1.82) is 0 Å². The second kappa shape index (κ2) is 3.86. The van der Waals surface area contributed by atoms with Crippen molar-refractivity contribution in [1.82, 2.24) is 5.32 Å². The summed E-state index contributed by atoms with van der Waals surface area (Å²) in [5.74, 6) is 0.690. The predicted octanol–water partition coefficient (Wildman–Crippen LogP) is 1.60. The summed E-state index contributed by atoms with van der Waals surface area (Å²) in [6, 6.07) is 4.66. The number of rotatable bonds is 2. The van der Waals surface area contributed by atoms with Crippen molar-refractivity contribution in [3.8, 4) is 0 Å². The van der Waals surface area contributed by atoms with Crippen LogP contribution in [0.3, 0.4) is 0 Å². The summed E-state index contributed by atoms with van der Waals surface area (Å²) >= 11 is 5.70. The zero-order chi connectivity index (χ0) is 10.8. The highest BCUT2D eigenvalue weighted by Crippen LogP contribution is 2.25. The average Bonchev–Trinajstić information content (AvgIpc) is 2.71. The van der Waals surface area contributed by atoms with Gasteiger partial charge in [-0.1, -0.05) is 11.6 Å². The molecule has 1 aliphatic rings. The number of nitro groups is 1. The molecule has 0 saturated carbocycles. The van der Waals surface area contributed by atoms with Crippen LogP contribution in [0.25, 0.3) is 0 Å². The second-order valence-electron chi connectivity index (χ2n) is 3.08. The molecule has 15 heavy (non-hydrogen) atoms. The van der Waals surface area contributed by atoms with E-state index in [1.807, 2.05) is 0 Å². The van der Waals surface area contributed by atoms with E-state index in [9.17, 15) is 10.1 Å². The van der Waals surface area contributed by atoms with E-state index in [0.29, 0.717) is 17.9 Å². The summed E-state index contributed by atoms with van der Waals surface area (Å²) < 4.78 is 0. The quantitative estimate of drug-likeness (QED) is 0.614. The third-order valence-electron chi connectivity index (χ3n) is 2.09. The normalized spacial score (nSPS) is 14.6. The van der Waals surface area contributed by atoms with Crippen molar-refractivity contribution in [3.63, 3.8) is 0 Å². The van der Waals surface area contributed by atoms with Crippen molar-refractivity contribution in [2.45, 2.75) is 0 Å². The highest BCUT2D eigenvalue weighted by Gasteiger charge is 2.16. The lowest BCUT2D eigenvalue weighted by molar-refractivity contribution is -0.384. The number of nitrogens with zero attached hydrogens (tertiary/aromatic N) is 2. The Morgan fingerprint density at radius 1 is 1.53 bits per heavy atom. The van der Waals surface area contributed by atoms with Crippen LogP contribution in [-0.2, 0) is 0 Å². The van der Waals surface area contributed by atoms with Gasteiger partial charge in [-0.3, -0.25) is 15.1 Å². The summed E-state index contributed by atoms with van der Waals surface area (Å²) in [5, 5.41) is 13.8. The molecule has 6 heteroatoms. The van der Waals surface area contributed by atoms with E-state index in [0.717, 1.165) is 6.54 Å². The molecule has 0 amide bonds. The summed E-state index contributed by atoms with van der Waals surface area (Å²) in [4.78, 5) is 14.3. The Bertz CT molecular complexity index is 445. The molecule has 0 radical (unpaired) electrons. The van der Waals surface area contributed by atoms with Gasteiger partial charge >= 0.3 is 0 Å². The Kier molecular flexibility index (Phi) is 2.55. The molecule has 1 aromatic carbocycles. The van der Waals surface area contributed by atoms with E-state index in [2.05, 4.69) is 10.3 Å². The number of halogens is 1. The molecular formula is C9H8ClN3O2. The summed E-state index contributed by atoms with van der Waals surface area (Å²) in [6.07, 6.45) is 0. The fourth-order valence-corrected chi connectivity index (χ4v) is 1.58. The third kappa shape index (κ3) is 1.92. The number of benzene rings is 1. The molecule has 1 N–H and O–H groups in total. The van der Waals surface area contributed by atoms with Crippen LogP contribution < -0.4 is 5.32 Å². The van der Waals surface area contributed by atoms with E-state index < -0.39 is 4.92 Å². The zero-order valence-corrected chi connectivity index (χ0v) is 8.49. The molecule has 0 aromatic heterocycles. The van der Waals surface area contributed by atoms with Crippen LogP contribution in [0.15, 0.2) is 23.2 Å². The number of aliphatic imine (C=N–C) groups is 1. The molecule has 0 fully saturated rings. The highest BCUT2D eigenvalue weighted by atomic mass is 35.5. The lowest BCUT2D eigenvalue weighted by Gasteiger charge is -2.02. The van der Waals surface area contributed by atoms with E-state index >= 15 is 0 Å². The van der Waals surface area contributed by atoms with Crippen LogP contribution in [0.5, 0.6) is 0 Å². The number of amidine groups is 1. The molecule has 1 aromatic rings. The third-order valence-corrected chi connectivity index (χ3v) is 2.41. The van der Waals surface area contributed by atoms with Crippen molar-refractivity contribution in [2.24, 2.45) is 4.99 Å². The Hall–Kier alpha value is -1.62. The van der Waals surface area contributed by atoms with Crippen LogP contribution in [0, 0.1) is 10.1 Å². The maximum atomic E-state index is 10.6. The second-order valence-corrected chi connectivity index (χ2v) is 3.49. The monoisotopic (exact) mass is 225 g/mol. The van der Waals surface area contributed by atoms with Crippen molar-refractivity contribution in [2.75, 3.05) is 13.1 Å². The summed E-state index contributed by atoms with van der Waals surface area (Å²) in [7, 11) is 0. The van der Waals surface area contributed by atoms with Gasteiger partial charge in [0.25, 0.3) is 5.69 Å². The first-order valence-electron chi connectivity index (χ1n) is 4.41. The Labute approximate surface area is 90.9 Å². The minimum Gasteiger partial charge on any atom is -0.368 e. The van der Waals surface area contributed by atoms with Gasteiger partial charge in [0, 0.05) is 18.2 Å². The smallest absolute Gasteiger partial charge is 0.288 e. The number of nitrogens with one attached hydrogen (secondary N) is 1. The van der Waals surface area contributed by atoms with Gasteiger partial charge in [0.2, 0.25) is 0 Å². The van der Waals surface area contributed by atoms with Crippen LogP contribution >= 0.6 is 11.6 Å². The van der Waals surface area contributed by atoms with Gasteiger partial charge in [0.1, 0.15) is 10.9 Å². The molecule has 0 unspecified atom stereocenters. The van der Waals surface area contributed by atoms with Crippen LogP contribution in [0.2, 0.25) is 5.02 Å². The summed E-state index contributed by atoms with van der Waals surface area (Å²) in [5.41, 5.74) is 0.606. The van der Waals surface area contributed by atoms with E-state index in [4.69, 9.17) is 11.6 Å². The van der Waals surface area contributed by atoms with Crippen LogP contribution in [0.1, 0.15) is 5.56 Å². The van der Waals surface area contributed by atoms with Gasteiger partial charge < -0.3 is 5.32 Å². The minimum atomic E-state index is -0.499. The van der Waals surface area contributed by atoms with Gasteiger partial charge in [-0.05, 0) is 12.1 Å². The molecule has 5 nitrogen and oxygen atoms in total. The molecule has 0 spiro atoms. The minimum absolute atomic E-state index is 0.0921. The molecular weight excluding hydrogens is 218 g/mol. The maximum Gasteiger partial charge on any atom is 0.288 e. The average molecular weight is 226 g/mol. The highest BCUT2D eigenvalue weighted by molar-refractivity contribution is 6.32. The van der Waals surface area contributed by atoms with Crippen molar-refractivity contribution in [3.05, 3.63) is 38.9 Å². The fourth-order valence-electron chi connectivity index (χ4n) is 1.39. The van der Waals surface area contributed by atoms with E-state index in [-0.39, 0.29) is 10.7 Å². The van der Waals surface area contributed by atoms with Gasteiger partial charge in [0.15, 0.2) is 0 Å². The lowest BCUT2D eigenvalue weighted by Crippen LogP contribution is -2.19. The zero-order valence-electron chi connectivity index (χ0n) is 7.74. The number of hydrogen-bond acceptors (Lipinski definition) is 4. The SMILES string of the molecule is O=[N+]([O-])c1cc(C2=NCCN2)ccc1Cl. The molecule has 0 bridgehead atoms. The number of nitro benzene ring substituents is 1. The molecule has 0 atom stereocenters. The maximum absolute atomic E-state index is 10.6. The Morgan fingerprint density at radius 2 is 2.33 bits per heavy atom. The molecule has 1 heterocycles.